The minimum absolute atomic E-state index is 0.0912. The van der Waals surface area contributed by atoms with Crippen LogP contribution in [0.25, 0.3) is 6.08 Å². The molecule has 1 fully saturated rings. The molecule has 0 spiro atoms. The van der Waals surface area contributed by atoms with Crippen LogP contribution in [-0.2, 0) is 20.9 Å². The Kier molecular flexibility index (Phi) is 10.1. The average molecular weight is 486 g/mol. The van der Waals surface area contributed by atoms with Crippen molar-refractivity contribution in [3.8, 4) is 5.75 Å². The summed E-state index contributed by atoms with van der Waals surface area (Å²) in [4.78, 5) is 33.5. The van der Waals surface area contributed by atoms with E-state index in [4.69, 9.17) is 9.47 Å². The maximum atomic E-state index is 13.0. The van der Waals surface area contributed by atoms with E-state index in [0.29, 0.717) is 32.3 Å². The van der Waals surface area contributed by atoms with Crippen molar-refractivity contribution in [2.75, 3.05) is 32.8 Å². The number of aromatic nitrogens is 1. The Balaban J connectivity index is 1.58. The molecule has 1 aromatic heterocycles. The lowest BCUT2D eigenvalue weighted by Gasteiger charge is -2.29. The summed E-state index contributed by atoms with van der Waals surface area (Å²) in [5.41, 5.74) is 1.83. The van der Waals surface area contributed by atoms with E-state index in [-0.39, 0.29) is 18.3 Å². The molecule has 7 nitrogen and oxygen atoms in total. The Morgan fingerprint density at radius 2 is 2.06 bits per heavy atom. The van der Waals surface area contributed by atoms with Crippen molar-refractivity contribution in [2.45, 2.75) is 52.7 Å². The molecule has 1 saturated heterocycles. The molecule has 0 aliphatic carbocycles. The molecule has 3 rings (SSSR count). The third-order valence-corrected chi connectivity index (χ3v) is 6.71. The Morgan fingerprint density at radius 1 is 1.26 bits per heavy atom. The number of rotatable bonds is 12. The van der Waals surface area contributed by atoms with Gasteiger partial charge in [-0.25, -0.2) is 4.98 Å². The summed E-state index contributed by atoms with van der Waals surface area (Å²) in [6, 6.07) is 7.95. The fourth-order valence-electron chi connectivity index (χ4n) is 4.10. The van der Waals surface area contributed by atoms with Crippen molar-refractivity contribution in [1.29, 1.82) is 0 Å². The smallest absolute Gasteiger partial charge is 0.307 e. The molecule has 0 bridgehead atoms. The van der Waals surface area contributed by atoms with Crippen LogP contribution in [0.4, 0.5) is 0 Å². The molecule has 1 aliphatic rings. The number of hydrogen-bond donors (Lipinski definition) is 0. The molecule has 1 amide bonds. The third-order valence-electron chi connectivity index (χ3n) is 5.89. The number of amides is 1. The van der Waals surface area contributed by atoms with Crippen LogP contribution in [-0.4, -0.2) is 65.5 Å². The van der Waals surface area contributed by atoms with Crippen LogP contribution < -0.4 is 4.74 Å². The van der Waals surface area contributed by atoms with E-state index >= 15 is 0 Å². The first kappa shape index (κ1) is 25.9. The molecular weight excluding hydrogens is 450 g/mol. The number of likely N-dealkylation sites (tertiary alicyclic amines) is 1. The summed E-state index contributed by atoms with van der Waals surface area (Å²) in [6.07, 6.45) is 5.81. The first-order valence-electron chi connectivity index (χ1n) is 12.0. The van der Waals surface area contributed by atoms with E-state index in [9.17, 15) is 9.59 Å². The monoisotopic (exact) mass is 485 g/mol. The Hall–Kier alpha value is -2.71. The van der Waals surface area contributed by atoms with E-state index < -0.39 is 0 Å². The van der Waals surface area contributed by atoms with Crippen molar-refractivity contribution >= 4 is 29.3 Å². The Morgan fingerprint density at radius 3 is 2.74 bits per heavy atom. The van der Waals surface area contributed by atoms with Gasteiger partial charge in [0.1, 0.15) is 12.4 Å². The normalized spacial score (nSPS) is 16.1. The largest absolute Gasteiger partial charge is 0.487 e. The van der Waals surface area contributed by atoms with Crippen LogP contribution in [0.1, 0.15) is 49.4 Å². The maximum Gasteiger partial charge on any atom is 0.307 e. The number of ether oxygens (including phenoxy) is 2. The zero-order valence-corrected chi connectivity index (χ0v) is 21.2. The van der Waals surface area contributed by atoms with E-state index in [0.717, 1.165) is 47.9 Å². The lowest BCUT2D eigenvalue weighted by molar-refractivity contribution is -0.143. The number of thiazole rings is 1. The molecule has 8 heteroatoms. The molecule has 184 valence electrons. The quantitative estimate of drug-likeness (QED) is 0.330. The first-order chi connectivity index (χ1) is 16.5. The topological polar surface area (TPSA) is 72.0 Å². The highest BCUT2D eigenvalue weighted by atomic mass is 32.1. The van der Waals surface area contributed by atoms with Gasteiger partial charge in [0.15, 0.2) is 0 Å². The number of carbonyl (C=O) groups is 2. The summed E-state index contributed by atoms with van der Waals surface area (Å²) >= 11 is 1.61. The van der Waals surface area contributed by atoms with E-state index in [1.807, 2.05) is 36.6 Å². The molecule has 0 radical (unpaired) electrons. The number of hydrogen-bond acceptors (Lipinski definition) is 7. The molecular formula is C26H35N3O4S. The van der Waals surface area contributed by atoms with Crippen molar-refractivity contribution in [3.05, 3.63) is 52.0 Å². The average Bonchev–Trinajstić information content (AvgIpc) is 3.47. The minimum atomic E-state index is -0.272. The van der Waals surface area contributed by atoms with Crippen LogP contribution in [0, 0.1) is 6.92 Å². The van der Waals surface area contributed by atoms with Gasteiger partial charge in [-0.3, -0.25) is 14.5 Å². The fraction of sp³-hybridized carbons (Fsp3) is 0.500. The number of esters is 1. The van der Waals surface area contributed by atoms with Crippen LogP contribution in [0.5, 0.6) is 5.75 Å². The van der Waals surface area contributed by atoms with Gasteiger partial charge in [0.05, 0.1) is 23.7 Å². The van der Waals surface area contributed by atoms with Gasteiger partial charge >= 0.3 is 5.97 Å². The van der Waals surface area contributed by atoms with Crippen LogP contribution in [0.3, 0.4) is 0 Å². The van der Waals surface area contributed by atoms with E-state index in [1.165, 1.54) is 0 Å². The summed E-state index contributed by atoms with van der Waals surface area (Å²) < 4.78 is 10.8. The van der Waals surface area contributed by atoms with Crippen molar-refractivity contribution in [2.24, 2.45) is 0 Å². The Bertz CT molecular complexity index is 957. The molecule has 0 N–H and O–H groups in total. The molecule has 34 heavy (non-hydrogen) atoms. The van der Waals surface area contributed by atoms with Crippen molar-refractivity contribution in [1.82, 2.24) is 14.8 Å². The zero-order valence-electron chi connectivity index (χ0n) is 20.4. The molecule has 2 aromatic rings. The predicted octanol–water partition coefficient (Wildman–Crippen LogP) is 4.31. The first-order valence-corrected chi connectivity index (χ1v) is 12.9. The molecule has 1 aromatic carbocycles. The summed E-state index contributed by atoms with van der Waals surface area (Å²) in [7, 11) is 0. The fourth-order valence-corrected chi connectivity index (χ4v) is 4.70. The second-order valence-corrected chi connectivity index (χ2v) is 9.38. The number of benzene rings is 1. The van der Waals surface area contributed by atoms with Gasteiger partial charge in [-0.05, 0) is 63.6 Å². The minimum Gasteiger partial charge on any atom is -0.487 e. The number of nitrogens with zero attached hydrogens (tertiary/aromatic N) is 3. The molecule has 0 saturated carbocycles. The van der Waals surface area contributed by atoms with Crippen LogP contribution >= 0.6 is 11.3 Å². The molecule has 0 unspecified atom stereocenters. The zero-order chi connectivity index (χ0) is 24.3. The molecule has 1 atom stereocenters. The summed E-state index contributed by atoms with van der Waals surface area (Å²) in [6.45, 7) is 9.71. The Labute approximate surface area is 206 Å². The highest BCUT2D eigenvalue weighted by Crippen LogP contribution is 2.19. The van der Waals surface area contributed by atoms with Gasteiger partial charge in [0, 0.05) is 30.6 Å². The van der Waals surface area contributed by atoms with Gasteiger partial charge in [-0.2, -0.15) is 0 Å². The summed E-state index contributed by atoms with van der Waals surface area (Å²) in [5, 5.41) is 3.02. The number of aryl methyl sites for hydroxylation is 1. The van der Waals surface area contributed by atoms with Gasteiger partial charge in [0.25, 0.3) is 0 Å². The third kappa shape index (κ3) is 7.95. The van der Waals surface area contributed by atoms with Crippen molar-refractivity contribution < 1.29 is 19.1 Å². The second kappa shape index (κ2) is 13.2. The maximum absolute atomic E-state index is 13.0. The summed E-state index contributed by atoms with van der Waals surface area (Å²) in [5.74, 6) is 0.393. The predicted molar refractivity (Wildman–Crippen MR) is 135 cm³/mol. The van der Waals surface area contributed by atoms with Crippen molar-refractivity contribution in [3.63, 3.8) is 0 Å². The molecule has 1 aliphatic heterocycles. The van der Waals surface area contributed by atoms with Gasteiger partial charge < -0.3 is 14.4 Å². The van der Waals surface area contributed by atoms with Gasteiger partial charge in [-0.1, -0.05) is 19.1 Å². The van der Waals surface area contributed by atoms with E-state index in [2.05, 4.69) is 16.8 Å². The second-order valence-electron chi connectivity index (χ2n) is 8.31. The SMILES string of the molecule is CCOC(=O)CCN(C[C@@H]1CCCN1CC)C(=O)/C=C\c1ccc(OCc2csc(C)n2)cc1. The lowest BCUT2D eigenvalue weighted by Crippen LogP contribution is -2.43. The van der Waals surface area contributed by atoms with Gasteiger partial charge in [-0.15, -0.1) is 11.3 Å². The highest BCUT2D eigenvalue weighted by molar-refractivity contribution is 7.09. The standard InChI is InChI=1S/C26H35N3O4S/c1-4-28-15-6-7-23(28)17-29(16-14-26(31)32-5-2)25(30)13-10-21-8-11-24(12-9-21)33-18-22-19-34-20(3)27-22/h8-13,19,23H,4-7,14-18H2,1-3H3/b13-10-/t23-/m0/s1. The highest BCUT2D eigenvalue weighted by Gasteiger charge is 2.26. The number of carbonyl (C=O) groups excluding carboxylic acids is 2. The number of likely N-dealkylation sites (N-methyl/N-ethyl adjacent to an activating group) is 1. The van der Waals surface area contributed by atoms with Gasteiger partial charge in [0.2, 0.25) is 5.91 Å². The lowest BCUT2D eigenvalue weighted by atomic mass is 10.1. The van der Waals surface area contributed by atoms with E-state index in [1.54, 1.807) is 35.3 Å². The van der Waals surface area contributed by atoms with Crippen LogP contribution in [0.15, 0.2) is 35.7 Å². The van der Waals surface area contributed by atoms with Crippen LogP contribution in [0.2, 0.25) is 0 Å². The molecule has 2 heterocycles.